The van der Waals surface area contributed by atoms with E-state index in [4.69, 9.17) is 16.3 Å². The number of benzene rings is 2. The standard InChI is InChI=1S/C24H30ClN3O2/c1-17-13-27(14-18(2)30-17)22-9-7-21(8-10-22)26-24(29)16-28(23-11-12-23)15-19-3-5-20(25)6-4-19/h3-10,17-18,23H,11-16H2,1-2H3,(H,26,29). The molecule has 1 heterocycles. The second kappa shape index (κ2) is 9.38. The predicted octanol–water partition coefficient (Wildman–Crippen LogP) is 4.56. The van der Waals surface area contributed by atoms with Crippen molar-refractivity contribution in [3.8, 4) is 0 Å². The summed E-state index contributed by atoms with van der Waals surface area (Å²) in [5.74, 6) is 0.0252. The van der Waals surface area contributed by atoms with Gasteiger partial charge in [-0.3, -0.25) is 9.69 Å². The first kappa shape index (κ1) is 21.2. The number of halogens is 1. The number of hydrogen-bond acceptors (Lipinski definition) is 4. The van der Waals surface area contributed by atoms with Gasteiger partial charge in [-0.2, -0.15) is 0 Å². The Labute approximate surface area is 184 Å². The number of hydrogen-bond donors (Lipinski definition) is 1. The highest BCUT2D eigenvalue weighted by Gasteiger charge is 2.30. The molecule has 2 unspecified atom stereocenters. The number of carbonyl (C=O) groups is 1. The van der Waals surface area contributed by atoms with Crippen LogP contribution in [-0.4, -0.2) is 48.7 Å². The second-order valence-electron chi connectivity index (χ2n) is 8.52. The second-order valence-corrected chi connectivity index (χ2v) is 8.96. The summed E-state index contributed by atoms with van der Waals surface area (Å²) in [6.07, 6.45) is 2.77. The minimum atomic E-state index is 0.0252. The quantitative estimate of drug-likeness (QED) is 0.703. The number of amides is 1. The number of ether oxygens (including phenoxy) is 1. The molecule has 1 amide bonds. The normalized spacial score (nSPS) is 21.7. The number of nitrogens with zero attached hydrogens (tertiary/aromatic N) is 2. The number of carbonyl (C=O) groups excluding carboxylic acids is 1. The summed E-state index contributed by atoms with van der Waals surface area (Å²) < 4.78 is 5.81. The van der Waals surface area contributed by atoms with Gasteiger partial charge in [0.05, 0.1) is 18.8 Å². The number of anilines is 2. The van der Waals surface area contributed by atoms with Crippen molar-refractivity contribution in [2.45, 2.75) is 51.5 Å². The summed E-state index contributed by atoms with van der Waals surface area (Å²) in [4.78, 5) is 17.3. The van der Waals surface area contributed by atoms with Crippen molar-refractivity contribution in [1.82, 2.24) is 4.90 Å². The highest BCUT2D eigenvalue weighted by Crippen LogP contribution is 2.28. The van der Waals surface area contributed by atoms with Crippen LogP contribution in [0.25, 0.3) is 0 Å². The van der Waals surface area contributed by atoms with E-state index in [-0.39, 0.29) is 18.1 Å². The molecular formula is C24H30ClN3O2. The Bertz CT molecular complexity index is 842. The molecule has 2 aromatic rings. The van der Waals surface area contributed by atoms with Crippen LogP contribution in [0.1, 0.15) is 32.3 Å². The molecule has 30 heavy (non-hydrogen) atoms. The minimum Gasteiger partial charge on any atom is -0.372 e. The SMILES string of the molecule is CC1CN(c2ccc(NC(=O)CN(Cc3ccc(Cl)cc3)C3CC3)cc2)CC(C)O1. The van der Waals surface area contributed by atoms with E-state index < -0.39 is 0 Å². The first-order chi connectivity index (χ1) is 14.5. The molecule has 6 heteroatoms. The van der Waals surface area contributed by atoms with Crippen LogP contribution in [0, 0.1) is 0 Å². The lowest BCUT2D eigenvalue weighted by molar-refractivity contribution is -0.117. The van der Waals surface area contributed by atoms with Crippen molar-refractivity contribution in [2.24, 2.45) is 0 Å². The molecule has 0 bridgehead atoms. The molecule has 2 fully saturated rings. The van der Waals surface area contributed by atoms with Crippen molar-refractivity contribution in [1.29, 1.82) is 0 Å². The highest BCUT2D eigenvalue weighted by atomic mass is 35.5. The Kier molecular flexibility index (Phi) is 6.61. The van der Waals surface area contributed by atoms with Gasteiger partial charge >= 0.3 is 0 Å². The predicted molar refractivity (Wildman–Crippen MR) is 122 cm³/mol. The molecule has 2 aliphatic rings. The van der Waals surface area contributed by atoms with Gasteiger partial charge in [-0.25, -0.2) is 0 Å². The molecule has 0 spiro atoms. The van der Waals surface area contributed by atoms with Crippen LogP contribution in [0.5, 0.6) is 0 Å². The molecule has 1 saturated carbocycles. The lowest BCUT2D eigenvalue weighted by Gasteiger charge is -2.36. The molecule has 5 nitrogen and oxygen atoms in total. The summed E-state index contributed by atoms with van der Waals surface area (Å²) >= 11 is 5.99. The number of morpholine rings is 1. The van der Waals surface area contributed by atoms with Crippen LogP contribution in [0.4, 0.5) is 11.4 Å². The average molecular weight is 428 g/mol. The third kappa shape index (κ3) is 5.75. The zero-order valence-corrected chi connectivity index (χ0v) is 18.4. The Balaban J connectivity index is 1.33. The summed E-state index contributed by atoms with van der Waals surface area (Å²) in [6.45, 7) is 7.14. The largest absolute Gasteiger partial charge is 0.372 e. The smallest absolute Gasteiger partial charge is 0.238 e. The fraction of sp³-hybridized carbons (Fsp3) is 0.458. The molecule has 2 aromatic carbocycles. The lowest BCUT2D eigenvalue weighted by atomic mass is 10.2. The molecule has 2 atom stereocenters. The van der Waals surface area contributed by atoms with Crippen LogP contribution in [0.3, 0.4) is 0 Å². The average Bonchev–Trinajstić information content (AvgIpc) is 3.54. The molecule has 160 valence electrons. The fourth-order valence-corrected chi connectivity index (χ4v) is 4.23. The zero-order chi connectivity index (χ0) is 21.1. The van der Waals surface area contributed by atoms with Gasteiger partial charge < -0.3 is 15.0 Å². The molecule has 0 aromatic heterocycles. The van der Waals surface area contributed by atoms with E-state index >= 15 is 0 Å². The third-order valence-electron chi connectivity index (χ3n) is 5.64. The molecule has 1 aliphatic carbocycles. The maximum absolute atomic E-state index is 12.7. The van der Waals surface area contributed by atoms with E-state index in [1.54, 1.807) is 0 Å². The lowest BCUT2D eigenvalue weighted by Crippen LogP contribution is -2.45. The van der Waals surface area contributed by atoms with E-state index in [0.29, 0.717) is 12.6 Å². The Morgan fingerprint density at radius 3 is 2.30 bits per heavy atom. The Hall–Kier alpha value is -2.08. The zero-order valence-electron chi connectivity index (χ0n) is 17.7. The van der Waals surface area contributed by atoms with E-state index in [1.807, 2.05) is 36.4 Å². The topological polar surface area (TPSA) is 44.8 Å². The van der Waals surface area contributed by atoms with Crippen LogP contribution in [0.15, 0.2) is 48.5 Å². The maximum Gasteiger partial charge on any atom is 0.238 e. The molecular weight excluding hydrogens is 398 g/mol. The van der Waals surface area contributed by atoms with Gasteiger partial charge in [0.1, 0.15) is 0 Å². The van der Waals surface area contributed by atoms with Crippen molar-refractivity contribution in [3.05, 3.63) is 59.1 Å². The molecule has 0 radical (unpaired) electrons. The van der Waals surface area contributed by atoms with Crippen LogP contribution in [0.2, 0.25) is 5.02 Å². The van der Waals surface area contributed by atoms with Gasteiger partial charge in [0.15, 0.2) is 0 Å². The van der Waals surface area contributed by atoms with Crippen LogP contribution in [-0.2, 0) is 16.1 Å². The first-order valence-corrected chi connectivity index (χ1v) is 11.1. The highest BCUT2D eigenvalue weighted by molar-refractivity contribution is 6.30. The molecule has 4 rings (SSSR count). The van der Waals surface area contributed by atoms with Crippen molar-refractivity contribution >= 4 is 28.9 Å². The Morgan fingerprint density at radius 2 is 1.70 bits per heavy atom. The van der Waals surface area contributed by atoms with Gasteiger partial charge in [-0.05, 0) is 68.7 Å². The summed E-state index contributed by atoms with van der Waals surface area (Å²) in [7, 11) is 0. The summed E-state index contributed by atoms with van der Waals surface area (Å²) in [5, 5.41) is 3.79. The first-order valence-electron chi connectivity index (χ1n) is 10.7. The summed E-state index contributed by atoms with van der Waals surface area (Å²) in [6, 6.07) is 16.5. The van der Waals surface area contributed by atoms with Gasteiger partial charge in [-0.1, -0.05) is 23.7 Å². The van der Waals surface area contributed by atoms with E-state index in [9.17, 15) is 4.79 Å². The van der Waals surface area contributed by atoms with Gasteiger partial charge in [0.25, 0.3) is 0 Å². The van der Waals surface area contributed by atoms with Gasteiger partial charge in [0.2, 0.25) is 5.91 Å². The molecule has 1 aliphatic heterocycles. The number of nitrogens with one attached hydrogen (secondary N) is 1. The monoisotopic (exact) mass is 427 g/mol. The van der Waals surface area contributed by atoms with Crippen LogP contribution < -0.4 is 10.2 Å². The van der Waals surface area contributed by atoms with Crippen LogP contribution >= 0.6 is 11.6 Å². The van der Waals surface area contributed by atoms with Crippen molar-refractivity contribution in [2.75, 3.05) is 29.9 Å². The molecule has 1 saturated heterocycles. The van der Waals surface area contributed by atoms with Crippen molar-refractivity contribution < 1.29 is 9.53 Å². The molecule has 1 N–H and O–H groups in total. The maximum atomic E-state index is 12.7. The summed E-state index contributed by atoms with van der Waals surface area (Å²) in [5.41, 5.74) is 3.18. The van der Waals surface area contributed by atoms with E-state index in [1.165, 1.54) is 5.56 Å². The minimum absolute atomic E-state index is 0.0252. The number of rotatable bonds is 7. The van der Waals surface area contributed by atoms with Gasteiger partial charge in [-0.15, -0.1) is 0 Å². The third-order valence-corrected chi connectivity index (χ3v) is 5.90. The Morgan fingerprint density at radius 1 is 1.07 bits per heavy atom. The van der Waals surface area contributed by atoms with Gasteiger partial charge in [0, 0.05) is 42.1 Å². The van der Waals surface area contributed by atoms with E-state index in [0.717, 1.165) is 48.9 Å². The fourth-order valence-electron chi connectivity index (χ4n) is 4.11. The van der Waals surface area contributed by atoms with Crippen molar-refractivity contribution in [3.63, 3.8) is 0 Å². The van der Waals surface area contributed by atoms with E-state index in [2.05, 4.69) is 41.1 Å².